The molecule has 0 amide bonds. The zero-order chi connectivity index (χ0) is 11.0. The molecule has 0 aromatic carbocycles. The van der Waals surface area contributed by atoms with Gasteiger partial charge in [0, 0.05) is 13.2 Å². The third kappa shape index (κ3) is 11.5. The topological polar surface area (TPSA) is 9.23 Å². The van der Waals surface area contributed by atoms with Gasteiger partial charge in [-0.3, -0.25) is 0 Å². The normalized spacial score (nSPS) is 10.9. The van der Waals surface area contributed by atoms with E-state index < -0.39 is 12.4 Å². The summed E-state index contributed by atoms with van der Waals surface area (Å²) >= 11 is 0. The molecule has 0 spiro atoms. The molecular formula is C9H17BF3KO. The van der Waals surface area contributed by atoms with E-state index in [1.807, 2.05) is 0 Å². The second-order valence-electron chi connectivity index (χ2n) is 3.35. The van der Waals surface area contributed by atoms with E-state index in [4.69, 9.17) is 4.74 Å². The summed E-state index contributed by atoms with van der Waals surface area (Å²) in [4.78, 5) is 0. The average molecular weight is 248 g/mol. The van der Waals surface area contributed by atoms with Crippen molar-refractivity contribution < 1.29 is 69.1 Å². The van der Waals surface area contributed by atoms with E-state index in [9.17, 15) is 12.9 Å². The summed E-state index contributed by atoms with van der Waals surface area (Å²) in [5, 5.41) is 0. The van der Waals surface area contributed by atoms with E-state index in [1.54, 1.807) is 0 Å². The Morgan fingerprint density at radius 3 is 2.27 bits per heavy atom. The number of hydrogen-bond donors (Lipinski definition) is 0. The summed E-state index contributed by atoms with van der Waals surface area (Å²) in [5.41, 5.74) is -0.750. The van der Waals surface area contributed by atoms with Crippen LogP contribution in [0.2, 0.25) is 0 Å². The minimum Gasteiger partial charge on any atom is -0.445 e. The van der Waals surface area contributed by atoms with E-state index in [1.165, 1.54) is 0 Å². The molecule has 0 aliphatic rings. The third-order valence-corrected chi connectivity index (χ3v) is 1.89. The second-order valence-corrected chi connectivity index (χ2v) is 3.35. The first-order valence-corrected chi connectivity index (χ1v) is 4.93. The molecule has 0 bridgehead atoms. The maximum atomic E-state index is 12.0. The van der Waals surface area contributed by atoms with E-state index in [-0.39, 0.29) is 58.0 Å². The minimum atomic E-state index is -4.92. The summed E-state index contributed by atoms with van der Waals surface area (Å²) < 4.78 is 40.8. The van der Waals surface area contributed by atoms with Gasteiger partial charge >= 0.3 is 58.4 Å². The predicted molar refractivity (Wildman–Crippen MR) is 53.2 cm³/mol. The van der Waals surface area contributed by atoms with Crippen LogP contribution >= 0.6 is 0 Å². The van der Waals surface area contributed by atoms with Crippen LogP contribution in [0.4, 0.5) is 12.9 Å². The van der Waals surface area contributed by atoms with Gasteiger partial charge in [-0.05, 0) is 6.42 Å². The summed E-state index contributed by atoms with van der Waals surface area (Å²) in [6, 6.07) is 0. The van der Waals surface area contributed by atoms with Crippen molar-refractivity contribution in [3.05, 3.63) is 12.1 Å². The van der Waals surface area contributed by atoms with E-state index >= 15 is 0 Å². The maximum absolute atomic E-state index is 12.0. The first kappa shape index (κ1) is 18.6. The molecule has 0 aliphatic carbocycles. The molecule has 0 unspecified atom stereocenters. The van der Waals surface area contributed by atoms with Crippen molar-refractivity contribution in [1.82, 2.24) is 0 Å². The van der Waals surface area contributed by atoms with Gasteiger partial charge in [-0.15, -0.1) is 12.1 Å². The fourth-order valence-electron chi connectivity index (χ4n) is 0.929. The van der Waals surface area contributed by atoms with Crippen molar-refractivity contribution in [2.45, 2.75) is 32.6 Å². The molecule has 0 aliphatic heterocycles. The zero-order valence-electron chi connectivity index (χ0n) is 9.57. The van der Waals surface area contributed by atoms with Crippen LogP contribution in [0.15, 0.2) is 12.1 Å². The van der Waals surface area contributed by atoms with Gasteiger partial charge in [0.1, 0.15) is 0 Å². The molecule has 0 fully saturated rings. The Labute approximate surface area is 132 Å². The molecule has 84 valence electrons. The van der Waals surface area contributed by atoms with Gasteiger partial charge in [-0.1, -0.05) is 26.2 Å². The molecule has 0 aromatic rings. The second kappa shape index (κ2) is 10.4. The van der Waals surface area contributed by atoms with Crippen molar-refractivity contribution in [1.29, 1.82) is 0 Å². The third-order valence-electron chi connectivity index (χ3n) is 1.89. The molecule has 0 N–H and O–H groups in total. The van der Waals surface area contributed by atoms with E-state index in [0.29, 0.717) is 6.61 Å². The minimum absolute atomic E-state index is 0. The Kier molecular flexibility index (Phi) is 12.8. The molecule has 0 heterocycles. The van der Waals surface area contributed by atoms with Crippen LogP contribution in [0.25, 0.3) is 0 Å². The van der Waals surface area contributed by atoms with Crippen LogP contribution in [0, 0.1) is 0 Å². The standard InChI is InChI=1S/C9H17BF3O.K/c1-3-4-5-6-7-14-8-9(2)10(11,12)13;/h2-8H2,1H3;/q-1;+1. The Balaban J connectivity index is 0. The zero-order valence-corrected chi connectivity index (χ0v) is 12.7. The number of ether oxygens (including phenoxy) is 1. The molecule has 0 saturated carbocycles. The Bertz CT molecular complexity index is 173. The summed E-state index contributed by atoms with van der Waals surface area (Å²) in [7, 11) is 0. The van der Waals surface area contributed by atoms with Gasteiger partial charge in [0.25, 0.3) is 0 Å². The van der Waals surface area contributed by atoms with Crippen molar-refractivity contribution in [2.75, 3.05) is 13.2 Å². The summed E-state index contributed by atoms with van der Waals surface area (Å²) in [6.45, 7) is 0.112. The van der Waals surface area contributed by atoms with Gasteiger partial charge in [-0.25, -0.2) is 0 Å². The molecular weight excluding hydrogens is 231 g/mol. The van der Waals surface area contributed by atoms with Gasteiger partial charge in [0.2, 0.25) is 0 Å². The van der Waals surface area contributed by atoms with Crippen molar-refractivity contribution in [3.8, 4) is 0 Å². The molecule has 0 aromatic heterocycles. The van der Waals surface area contributed by atoms with Gasteiger partial charge in [0.15, 0.2) is 0 Å². The summed E-state index contributed by atoms with van der Waals surface area (Å²) in [6.07, 6.45) is 4.05. The van der Waals surface area contributed by atoms with Gasteiger partial charge in [0.05, 0.1) is 0 Å². The van der Waals surface area contributed by atoms with Crippen LogP contribution < -0.4 is 51.4 Å². The smallest absolute Gasteiger partial charge is 0.445 e. The fourth-order valence-corrected chi connectivity index (χ4v) is 0.929. The maximum Gasteiger partial charge on any atom is 1.00 e. The van der Waals surface area contributed by atoms with Crippen LogP contribution in [0.1, 0.15) is 32.6 Å². The number of halogens is 3. The Morgan fingerprint density at radius 1 is 1.20 bits per heavy atom. The van der Waals surface area contributed by atoms with Crippen LogP contribution in [0.3, 0.4) is 0 Å². The van der Waals surface area contributed by atoms with E-state index in [0.717, 1.165) is 25.7 Å². The average Bonchev–Trinajstić information content (AvgIpc) is 2.09. The molecule has 0 atom stereocenters. The fraction of sp³-hybridized carbons (Fsp3) is 0.778. The molecule has 6 heteroatoms. The first-order valence-electron chi connectivity index (χ1n) is 4.93. The molecule has 0 rings (SSSR count). The van der Waals surface area contributed by atoms with Crippen molar-refractivity contribution in [2.24, 2.45) is 0 Å². The number of hydrogen-bond acceptors (Lipinski definition) is 1. The van der Waals surface area contributed by atoms with Crippen molar-refractivity contribution >= 4 is 6.98 Å². The van der Waals surface area contributed by atoms with Crippen LogP contribution in [-0.2, 0) is 4.74 Å². The number of unbranched alkanes of at least 4 members (excludes halogenated alkanes) is 3. The number of rotatable bonds is 8. The van der Waals surface area contributed by atoms with Crippen molar-refractivity contribution in [3.63, 3.8) is 0 Å². The molecule has 0 saturated heterocycles. The monoisotopic (exact) mass is 248 g/mol. The molecule has 1 nitrogen and oxygen atoms in total. The van der Waals surface area contributed by atoms with Crippen LogP contribution in [0.5, 0.6) is 0 Å². The van der Waals surface area contributed by atoms with Gasteiger partial charge < -0.3 is 17.7 Å². The van der Waals surface area contributed by atoms with E-state index in [2.05, 4.69) is 13.5 Å². The Hall–Kier alpha value is 1.19. The first-order chi connectivity index (χ1) is 6.48. The van der Waals surface area contributed by atoms with Crippen LogP contribution in [-0.4, -0.2) is 20.2 Å². The molecule has 15 heavy (non-hydrogen) atoms. The predicted octanol–water partition coefficient (Wildman–Crippen LogP) is 0.530. The largest absolute Gasteiger partial charge is 1.00 e. The Morgan fingerprint density at radius 2 is 1.80 bits per heavy atom. The van der Waals surface area contributed by atoms with Gasteiger partial charge in [-0.2, -0.15) is 0 Å². The SMILES string of the molecule is C=C(COCCCCCC)[B-](F)(F)F.[K+]. The summed E-state index contributed by atoms with van der Waals surface area (Å²) in [5.74, 6) is 0. The molecule has 0 radical (unpaired) electrons. The quantitative estimate of drug-likeness (QED) is 0.450.